The molecule has 0 radical (unpaired) electrons. The van der Waals surface area contributed by atoms with Gasteiger partial charge in [0.2, 0.25) is 4.80 Å². The second-order valence-corrected chi connectivity index (χ2v) is 5.67. The summed E-state index contributed by atoms with van der Waals surface area (Å²) in [6.07, 6.45) is 3.15. The summed E-state index contributed by atoms with van der Waals surface area (Å²) < 4.78 is 26.0. The molecule has 3 aromatic rings. The fraction of sp³-hybridized carbons (Fsp3) is 0.176. The molecule has 0 bridgehead atoms. The topological polar surface area (TPSA) is 52.0 Å². The first-order valence-corrected chi connectivity index (χ1v) is 8.20. The van der Waals surface area contributed by atoms with Crippen LogP contribution in [0.25, 0.3) is 11.3 Å². The minimum absolute atomic E-state index is 0.305. The smallest absolute Gasteiger partial charge is 0.206 e. The number of rotatable bonds is 6. The second kappa shape index (κ2) is 7.85. The second-order valence-electron chi connectivity index (χ2n) is 4.83. The van der Waals surface area contributed by atoms with Crippen LogP contribution >= 0.6 is 11.3 Å². The van der Waals surface area contributed by atoms with Gasteiger partial charge in [0.25, 0.3) is 0 Å². The zero-order valence-corrected chi connectivity index (χ0v) is 13.9. The quantitative estimate of drug-likeness (QED) is 0.508. The van der Waals surface area contributed by atoms with Crippen LogP contribution in [0.5, 0.6) is 0 Å². The summed E-state index contributed by atoms with van der Waals surface area (Å²) in [4.78, 5) is 5.12. The van der Waals surface area contributed by atoms with E-state index in [2.05, 4.69) is 10.1 Å². The Kier molecular flexibility index (Phi) is 5.35. The minimum Gasteiger partial charge on any atom is -0.463 e. The number of thiazole rings is 1. The van der Waals surface area contributed by atoms with Crippen LogP contribution < -0.4 is 4.80 Å². The standard InChI is InChI=1S/C17H16FN3O2S/c1-22-10-8-19-17-21(20-11-13-5-4-9-23-13)16(12-24-17)14-6-2-3-7-15(14)18/h2-7,9,11-12H,8,10H2,1H3. The molecule has 0 saturated heterocycles. The van der Waals surface area contributed by atoms with Gasteiger partial charge in [0.15, 0.2) is 0 Å². The summed E-state index contributed by atoms with van der Waals surface area (Å²) in [5.41, 5.74) is 1.11. The third-order valence-corrected chi connectivity index (χ3v) is 4.08. The van der Waals surface area contributed by atoms with Crippen molar-refractivity contribution in [3.05, 3.63) is 64.4 Å². The van der Waals surface area contributed by atoms with Crippen molar-refractivity contribution >= 4 is 17.6 Å². The van der Waals surface area contributed by atoms with Crippen LogP contribution in [0, 0.1) is 5.82 Å². The van der Waals surface area contributed by atoms with Crippen LogP contribution in [0.15, 0.2) is 62.6 Å². The molecule has 7 heteroatoms. The molecule has 2 heterocycles. The lowest BCUT2D eigenvalue weighted by Gasteiger charge is -2.04. The van der Waals surface area contributed by atoms with Gasteiger partial charge in [0.1, 0.15) is 11.6 Å². The monoisotopic (exact) mass is 345 g/mol. The number of halogens is 1. The molecule has 0 aliphatic rings. The maximum Gasteiger partial charge on any atom is 0.206 e. The number of furan rings is 1. The lowest BCUT2D eigenvalue weighted by atomic mass is 10.1. The first-order valence-electron chi connectivity index (χ1n) is 7.32. The molecule has 1 aromatic carbocycles. The van der Waals surface area contributed by atoms with Gasteiger partial charge in [0.05, 0.1) is 31.3 Å². The van der Waals surface area contributed by atoms with Gasteiger partial charge >= 0.3 is 0 Å². The first-order chi connectivity index (χ1) is 11.8. The van der Waals surface area contributed by atoms with E-state index in [4.69, 9.17) is 9.15 Å². The van der Waals surface area contributed by atoms with E-state index in [1.807, 2.05) is 5.38 Å². The van der Waals surface area contributed by atoms with Crippen molar-refractivity contribution in [3.63, 3.8) is 0 Å². The predicted molar refractivity (Wildman–Crippen MR) is 91.7 cm³/mol. The van der Waals surface area contributed by atoms with Gasteiger partial charge < -0.3 is 9.15 Å². The highest BCUT2D eigenvalue weighted by atomic mass is 32.1. The Morgan fingerprint density at radius 3 is 2.92 bits per heavy atom. The van der Waals surface area contributed by atoms with E-state index in [-0.39, 0.29) is 5.82 Å². The minimum atomic E-state index is -0.305. The largest absolute Gasteiger partial charge is 0.463 e. The van der Waals surface area contributed by atoms with Gasteiger partial charge in [-0.15, -0.1) is 11.3 Å². The molecular formula is C17H16FN3O2S. The van der Waals surface area contributed by atoms with Gasteiger partial charge in [-0.05, 0) is 24.3 Å². The summed E-state index contributed by atoms with van der Waals surface area (Å²) in [7, 11) is 1.62. The molecular weight excluding hydrogens is 329 g/mol. The number of methoxy groups -OCH3 is 1. The maximum atomic E-state index is 14.2. The van der Waals surface area contributed by atoms with Crippen LogP contribution in [-0.4, -0.2) is 31.2 Å². The molecule has 124 valence electrons. The summed E-state index contributed by atoms with van der Waals surface area (Å²) in [6, 6.07) is 10.2. The number of aromatic nitrogens is 1. The molecule has 24 heavy (non-hydrogen) atoms. The zero-order chi connectivity index (χ0) is 16.8. The highest BCUT2D eigenvalue weighted by Gasteiger charge is 2.11. The fourth-order valence-electron chi connectivity index (χ4n) is 2.09. The van der Waals surface area contributed by atoms with E-state index < -0.39 is 0 Å². The predicted octanol–water partition coefficient (Wildman–Crippen LogP) is 3.38. The molecule has 0 atom stereocenters. The number of hydrogen-bond acceptors (Lipinski definition) is 5. The van der Waals surface area contributed by atoms with Crippen LogP contribution in [-0.2, 0) is 4.74 Å². The van der Waals surface area contributed by atoms with Crippen molar-refractivity contribution in [2.75, 3.05) is 20.3 Å². The Balaban J connectivity index is 2.06. The average molecular weight is 345 g/mol. The normalized spacial score (nSPS) is 12.3. The van der Waals surface area contributed by atoms with E-state index in [0.29, 0.717) is 35.0 Å². The average Bonchev–Trinajstić information content (AvgIpc) is 3.23. The van der Waals surface area contributed by atoms with Gasteiger partial charge in [-0.1, -0.05) is 12.1 Å². The Morgan fingerprint density at radius 2 is 2.17 bits per heavy atom. The molecule has 0 unspecified atom stereocenters. The lowest BCUT2D eigenvalue weighted by Crippen LogP contribution is -2.14. The highest BCUT2D eigenvalue weighted by Crippen LogP contribution is 2.23. The summed E-state index contributed by atoms with van der Waals surface area (Å²) >= 11 is 1.40. The molecule has 5 nitrogen and oxygen atoms in total. The van der Waals surface area contributed by atoms with E-state index in [1.165, 1.54) is 17.4 Å². The van der Waals surface area contributed by atoms with Gasteiger partial charge in [0, 0.05) is 18.1 Å². The Labute approximate surface area is 142 Å². The Hall–Kier alpha value is -2.51. The molecule has 0 saturated carbocycles. The van der Waals surface area contributed by atoms with Gasteiger partial charge in [-0.25, -0.2) is 9.07 Å². The Morgan fingerprint density at radius 1 is 1.29 bits per heavy atom. The number of nitrogens with zero attached hydrogens (tertiary/aromatic N) is 3. The molecule has 0 aliphatic heterocycles. The first kappa shape index (κ1) is 16.4. The van der Waals surface area contributed by atoms with Crippen molar-refractivity contribution in [3.8, 4) is 11.3 Å². The third-order valence-electron chi connectivity index (χ3n) is 3.22. The third kappa shape index (κ3) is 3.69. The summed E-state index contributed by atoms with van der Waals surface area (Å²) in [6.45, 7) is 1.01. The zero-order valence-electron chi connectivity index (χ0n) is 13.1. The molecule has 0 fully saturated rings. The van der Waals surface area contributed by atoms with E-state index >= 15 is 0 Å². The van der Waals surface area contributed by atoms with Crippen molar-refractivity contribution < 1.29 is 13.5 Å². The molecule has 0 spiro atoms. The molecule has 2 aromatic heterocycles. The molecule has 3 rings (SSSR count). The Bertz CT molecular complexity index is 881. The molecule has 0 N–H and O–H groups in total. The molecule has 0 amide bonds. The van der Waals surface area contributed by atoms with Crippen LogP contribution in [0.1, 0.15) is 5.76 Å². The van der Waals surface area contributed by atoms with Gasteiger partial charge in [-0.2, -0.15) is 5.10 Å². The van der Waals surface area contributed by atoms with E-state index in [0.717, 1.165) is 0 Å². The van der Waals surface area contributed by atoms with Crippen molar-refractivity contribution in [2.24, 2.45) is 10.1 Å². The van der Waals surface area contributed by atoms with E-state index in [1.54, 1.807) is 54.6 Å². The number of hydrogen-bond donors (Lipinski definition) is 0. The lowest BCUT2D eigenvalue weighted by molar-refractivity contribution is 0.207. The number of benzene rings is 1. The van der Waals surface area contributed by atoms with Gasteiger partial charge in [-0.3, -0.25) is 4.99 Å². The van der Waals surface area contributed by atoms with Crippen LogP contribution in [0.4, 0.5) is 4.39 Å². The summed E-state index contributed by atoms with van der Waals surface area (Å²) in [5, 5.41) is 6.25. The summed E-state index contributed by atoms with van der Waals surface area (Å²) in [5.74, 6) is 0.303. The van der Waals surface area contributed by atoms with Crippen molar-refractivity contribution in [2.45, 2.75) is 0 Å². The van der Waals surface area contributed by atoms with Crippen LogP contribution in [0.3, 0.4) is 0 Å². The fourth-order valence-corrected chi connectivity index (χ4v) is 2.94. The number of ether oxygens (including phenoxy) is 1. The van der Waals surface area contributed by atoms with Crippen molar-refractivity contribution in [1.29, 1.82) is 0 Å². The molecule has 0 aliphatic carbocycles. The SMILES string of the molecule is COCCN=c1scc(-c2ccccc2F)n1N=Cc1ccco1. The maximum absolute atomic E-state index is 14.2. The van der Waals surface area contributed by atoms with Crippen molar-refractivity contribution in [1.82, 2.24) is 4.68 Å². The van der Waals surface area contributed by atoms with E-state index in [9.17, 15) is 4.39 Å². The van der Waals surface area contributed by atoms with Crippen LogP contribution in [0.2, 0.25) is 0 Å². The highest BCUT2D eigenvalue weighted by molar-refractivity contribution is 7.07.